The van der Waals surface area contributed by atoms with Crippen LogP contribution in [0, 0.1) is 23.2 Å². The van der Waals surface area contributed by atoms with Gasteiger partial charge < -0.3 is 10.2 Å². The molecule has 2 aromatic rings. The van der Waals surface area contributed by atoms with E-state index in [0.29, 0.717) is 24.1 Å². The van der Waals surface area contributed by atoms with E-state index >= 15 is 0 Å². The molecule has 0 aromatic carbocycles. The predicted molar refractivity (Wildman–Crippen MR) is 96.5 cm³/mol. The summed E-state index contributed by atoms with van der Waals surface area (Å²) in [6.07, 6.45) is 5.60. The number of likely N-dealkylation sites (tertiary alicyclic amines) is 1. The van der Waals surface area contributed by atoms with Gasteiger partial charge in [0.25, 0.3) is 5.91 Å². The molecule has 0 radical (unpaired) electrons. The first-order valence-electron chi connectivity index (χ1n) is 9.47. The quantitative estimate of drug-likeness (QED) is 0.918. The van der Waals surface area contributed by atoms with Crippen molar-refractivity contribution in [3.63, 3.8) is 0 Å². The Hall–Kier alpha value is -2.37. The van der Waals surface area contributed by atoms with Crippen LogP contribution < -0.4 is 5.32 Å². The van der Waals surface area contributed by atoms with Gasteiger partial charge in [0.1, 0.15) is 0 Å². The third-order valence-corrected chi connectivity index (χ3v) is 6.92. The minimum Gasteiger partial charge on any atom is -0.346 e. The molecule has 5 rings (SSSR count). The van der Waals surface area contributed by atoms with Crippen molar-refractivity contribution >= 4 is 17.3 Å². The highest BCUT2D eigenvalue weighted by molar-refractivity contribution is 6.01. The number of pyridine rings is 1. The lowest BCUT2D eigenvalue weighted by Crippen LogP contribution is -2.62. The van der Waals surface area contributed by atoms with Crippen molar-refractivity contribution in [3.05, 3.63) is 36.2 Å². The summed E-state index contributed by atoms with van der Waals surface area (Å²) < 4.78 is 1.69. The second kappa shape index (κ2) is 5.32. The Morgan fingerprint density at radius 1 is 1.19 bits per heavy atom. The van der Waals surface area contributed by atoms with E-state index in [4.69, 9.17) is 0 Å². The monoisotopic (exact) mass is 352 g/mol. The maximum Gasteiger partial charge on any atom is 0.253 e. The van der Waals surface area contributed by atoms with Gasteiger partial charge in [-0.15, -0.1) is 0 Å². The zero-order chi connectivity index (χ0) is 18.1. The highest BCUT2D eigenvalue weighted by atomic mass is 16.2. The molecule has 3 fully saturated rings. The Bertz CT molecular complexity index is 882. The Labute approximate surface area is 152 Å². The van der Waals surface area contributed by atoms with Crippen LogP contribution in [0.2, 0.25) is 0 Å². The van der Waals surface area contributed by atoms with Crippen LogP contribution in [0.15, 0.2) is 30.6 Å². The zero-order valence-corrected chi connectivity index (χ0v) is 15.2. The number of nitrogens with one attached hydrogen (secondary N) is 1. The lowest BCUT2D eigenvalue weighted by atomic mass is 9.91. The molecule has 2 aliphatic carbocycles. The van der Waals surface area contributed by atoms with Gasteiger partial charge in [-0.05, 0) is 48.3 Å². The van der Waals surface area contributed by atoms with Crippen molar-refractivity contribution in [2.45, 2.75) is 32.7 Å². The Morgan fingerprint density at radius 3 is 2.65 bits per heavy atom. The average Bonchev–Trinajstić information content (AvgIpc) is 3.05. The van der Waals surface area contributed by atoms with Crippen LogP contribution >= 0.6 is 0 Å². The number of nitrogens with zero attached hydrogens (tertiary/aromatic N) is 3. The summed E-state index contributed by atoms with van der Waals surface area (Å²) in [5.74, 6) is 1.87. The topological polar surface area (TPSA) is 66.7 Å². The number of rotatable bonds is 3. The molecule has 1 saturated heterocycles. The molecular formula is C20H24N4O2. The van der Waals surface area contributed by atoms with Crippen molar-refractivity contribution in [1.82, 2.24) is 19.8 Å². The van der Waals surface area contributed by atoms with Crippen LogP contribution in [-0.2, 0) is 4.79 Å². The fourth-order valence-electron chi connectivity index (χ4n) is 5.12. The summed E-state index contributed by atoms with van der Waals surface area (Å²) in [5.41, 5.74) is 1.87. The Morgan fingerprint density at radius 2 is 1.92 bits per heavy atom. The fraction of sp³-hybridized carbons (Fsp3) is 0.550. The number of carbonyl (C=O) groups is 2. The van der Waals surface area contributed by atoms with E-state index in [9.17, 15) is 9.59 Å². The van der Waals surface area contributed by atoms with Gasteiger partial charge in [0.2, 0.25) is 5.91 Å². The molecule has 3 aliphatic rings. The van der Waals surface area contributed by atoms with Gasteiger partial charge in [-0.1, -0.05) is 13.8 Å². The largest absolute Gasteiger partial charge is 0.346 e. The molecular weight excluding hydrogens is 328 g/mol. The van der Waals surface area contributed by atoms with Crippen molar-refractivity contribution in [2.24, 2.45) is 23.2 Å². The van der Waals surface area contributed by atoms with Gasteiger partial charge >= 0.3 is 0 Å². The van der Waals surface area contributed by atoms with E-state index in [1.807, 2.05) is 23.2 Å². The number of hydrogen-bond donors (Lipinski definition) is 1. The average molecular weight is 352 g/mol. The summed E-state index contributed by atoms with van der Waals surface area (Å²) in [7, 11) is 0. The number of carbonyl (C=O) groups excluding carboxylic acids is 2. The van der Waals surface area contributed by atoms with E-state index in [1.54, 1.807) is 16.8 Å². The zero-order valence-electron chi connectivity index (χ0n) is 15.2. The van der Waals surface area contributed by atoms with Crippen molar-refractivity contribution in [1.29, 1.82) is 0 Å². The molecule has 136 valence electrons. The predicted octanol–water partition coefficient (Wildman–Crippen LogP) is 1.96. The maximum absolute atomic E-state index is 12.6. The smallest absolute Gasteiger partial charge is 0.253 e. The SMILES string of the molecule is CC1(C)[C@@H]2CC(C(=O)N3CC(NC(=O)c4cccn5nccc45)C3)C[C@@H]21. The number of amides is 2. The van der Waals surface area contributed by atoms with E-state index in [-0.39, 0.29) is 23.8 Å². The molecule has 1 N–H and O–H groups in total. The molecule has 26 heavy (non-hydrogen) atoms. The third-order valence-electron chi connectivity index (χ3n) is 6.92. The highest BCUT2D eigenvalue weighted by Crippen LogP contribution is 2.68. The molecule has 0 spiro atoms. The molecule has 2 amide bonds. The first kappa shape index (κ1) is 15.9. The van der Waals surface area contributed by atoms with E-state index in [1.165, 1.54) is 0 Å². The normalized spacial score (nSPS) is 29.3. The van der Waals surface area contributed by atoms with Gasteiger partial charge in [0.15, 0.2) is 0 Å². The fourth-order valence-corrected chi connectivity index (χ4v) is 5.12. The maximum atomic E-state index is 12.6. The first-order chi connectivity index (χ1) is 12.4. The second-order valence-electron chi connectivity index (χ2n) is 8.70. The molecule has 3 atom stereocenters. The minimum atomic E-state index is -0.0999. The first-order valence-corrected chi connectivity index (χ1v) is 9.47. The van der Waals surface area contributed by atoms with Crippen LogP contribution in [0.5, 0.6) is 0 Å². The van der Waals surface area contributed by atoms with Gasteiger partial charge in [-0.25, -0.2) is 4.52 Å². The number of fused-ring (bicyclic) bond motifs is 2. The van der Waals surface area contributed by atoms with Crippen LogP contribution in [-0.4, -0.2) is 45.5 Å². The summed E-state index contributed by atoms with van der Waals surface area (Å²) >= 11 is 0. The lowest BCUT2D eigenvalue weighted by molar-refractivity contribution is -0.140. The summed E-state index contributed by atoms with van der Waals surface area (Å²) in [4.78, 5) is 27.1. The summed E-state index contributed by atoms with van der Waals surface area (Å²) in [6, 6.07) is 5.50. The van der Waals surface area contributed by atoms with Crippen LogP contribution in [0.3, 0.4) is 0 Å². The molecule has 3 heterocycles. The van der Waals surface area contributed by atoms with E-state index in [2.05, 4.69) is 24.3 Å². The number of hydrogen-bond acceptors (Lipinski definition) is 3. The molecule has 2 aromatic heterocycles. The molecule has 1 unspecified atom stereocenters. The van der Waals surface area contributed by atoms with Gasteiger partial charge in [0.05, 0.1) is 23.3 Å². The van der Waals surface area contributed by atoms with Crippen molar-refractivity contribution < 1.29 is 9.59 Å². The molecule has 6 nitrogen and oxygen atoms in total. The van der Waals surface area contributed by atoms with E-state index in [0.717, 1.165) is 30.2 Å². The van der Waals surface area contributed by atoms with Gasteiger partial charge in [0, 0.05) is 25.2 Å². The molecule has 1 aliphatic heterocycles. The van der Waals surface area contributed by atoms with Gasteiger partial charge in [-0.2, -0.15) is 5.10 Å². The second-order valence-corrected chi connectivity index (χ2v) is 8.70. The lowest BCUT2D eigenvalue weighted by Gasteiger charge is -2.41. The summed E-state index contributed by atoms with van der Waals surface area (Å²) in [6.45, 7) is 5.89. The van der Waals surface area contributed by atoms with Crippen LogP contribution in [0.25, 0.3) is 5.52 Å². The number of aromatic nitrogens is 2. The molecule has 0 bridgehead atoms. The van der Waals surface area contributed by atoms with E-state index < -0.39 is 0 Å². The standard InChI is InChI=1S/C20H24N4O2/c1-20(2)15-8-12(9-16(15)20)19(26)23-10-13(11-23)22-18(25)14-4-3-7-24-17(14)5-6-21-24/h3-7,12-13,15-16H,8-11H2,1-2H3,(H,22,25)/t12?,15-,16+. The minimum absolute atomic E-state index is 0.0435. The van der Waals surface area contributed by atoms with Crippen molar-refractivity contribution in [2.75, 3.05) is 13.1 Å². The van der Waals surface area contributed by atoms with Crippen LogP contribution in [0.1, 0.15) is 37.0 Å². The summed E-state index contributed by atoms with van der Waals surface area (Å²) in [5, 5.41) is 7.20. The molecule has 2 saturated carbocycles. The van der Waals surface area contributed by atoms with Crippen molar-refractivity contribution in [3.8, 4) is 0 Å². The Kier molecular flexibility index (Phi) is 3.24. The van der Waals surface area contributed by atoms with Crippen LogP contribution in [0.4, 0.5) is 0 Å². The third kappa shape index (κ3) is 2.27. The molecule has 6 heteroatoms. The Balaban J connectivity index is 1.16. The highest BCUT2D eigenvalue weighted by Gasteiger charge is 2.63. The van der Waals surface area contributed by atoms with Gasteiger partial charge in [-0.3, -0.25) is 9.59 Å².